The van der Waals surface area contributed by atoms with E-state index in [-0.39, 0.29) is 0 Å². The lowest BCUT2D eigenvalue weighted by Gasteiger charge is -1.94. The summed E-state index contributed by atoms with van der Waals surface area (Å²) in [5.74, 6) is 0. The molecule has 0 atom stereocenters. The Labute approximate surface area is 84.9 Å². The molecule has 3 heteroatoms. The zero-order valence-electron chi connectivity index (χ0n) is 7.07. The van der Waals surface area contributed by atoms with Crippen molar-refractivity contribution in [2.75, 3.05) is 0 Å². The topological polar surface area (TPSA) is 23.8 Å². The minimum absolute atomic E-state index is 0.788. The summed E-state index contributed by atoms with van der Waals surface area (Å²) in [6, 6.07) is 6.17. The maximum atomic E-state index is 8.86. The number of rotatable bonds is 1. The third-order valence-electron chi connectivity index (χ3n) is 1.85. The van der Waals surface area contributed by atoms with E-state index in [1.807, 2.05) is 11.4 Å². The fraction of sp³-hybridized carbons (Fsp3) is 0.100. The molecule has 2 rings (SSSR count). The van der Waals surface area contributed by atoms with E-state index in [2.05, 4.69) is 24.4 Å². The predicted molar refractivity (Wildman–Crippen MR) is 57.1 cm³/mol. The van der Waals surface area contributed by atoms with Crippen LogP contribution in [0.3, 0.4) is 0 Å². The molecule has 0 bridgehead atoms. The Morgan fingerprint density at radius 1 is 1.15 bits per heavy atom. The Morgan fingerprint density at radius 2 is 1.85 bits per heavy atom. The van der Waals surface area contributed by atoms with Gasteiger partial charge in [0, 0.05) is 4.88 Å². The largest absolute Gasteiger partial charge is 0.192 e. The van der Waals surface area contributed by atoms with Crippen LogP contribution in [0.2, 0.25) is 0 Å². The number of thiophene rings is 2. The molecule has 0 N–H and O–H groups in total. The van der Waals surface area contributed by atoms with Crippen LogP contribution < -0.4 is 0 Å². The lowest BCUT2D eigenvalue weighted by molar-refractivity contribution is 1.50. The molecule has 0 spiro atoms. The molecule has 0 aliphatic rings. The third kappa shape index (κ3) is 1.39. The van der Waals surface area contributed by atoms with E-state index >= 15 is 0 Å². The molecule has 0 aliphatic heterocycles. The second-order valence-electron chi connectivity index (χ2n) is 2.71. The van der Waals surface area contributed by atoms with Crippen molar-refractivity contribution in [1.29, 1.82) is 5.26 Å². The van der Waals surface area contributed by atoms with E-state index in [0.29, 0.717) is 0 Å². The average molecular weight is 205 g/mol. The first-order valence-corrected chi connectivity index (χ1v) is 5.61. The minimum atomic E-state index is 0.788. The monoisotopic (exact) mass is 205 g/mol. The van der Waals surface area contributed by atoms with Gasteiger partial charge in [-0.1, -0.05) is 0 Å². The molecule has 64 valence electrons. The second-order valence-corrected chi connectivity index (χ2v) is 4.54. The van der Waals surface area contributed by atoms with Crippen molar-refractivity contribution in [2.24, 2.45) is 0 Å². The van der Waals surface area contributed by atoms with E-state index in [4.69, 9.17) is 5.26 Å². The van der Waals surface area contributed by atoms with Crippen LogP contribution in [0.25, 0.3) is 9.75 Å². The van der Waals surface area contributed by atoms with Crippen molar-refractivity contribution in [3.63, 3.8) is 0 Å². The zero-order valence-corrected chi connectivity index (χ0v) is 8.71. The first kappa shape index (κ1) is 8.49. The molecule has 0 saturated heterocycles. The van der Waals surface area contributed by atoms with Gasteiger partial charge in [-0.2, -0.15) is 5.26 Å². The number of nitrogens with zero attached hydrogens (tertiary/aromatic N) is 1. The molecule has 0 saturated carbocycles. The van der Waals surface area contributed by atoms with Gasteiger partial charge < -0.3 is 0 Å². The van der Waals surface area contributed by atoms with Gasteiger partial charge in [-0.3, -0.25) is 0 Å². The highest BCUT2D eigenvalue weighted by molar-refractivity contribution is 7.20. The van der Waals surface area contributed by atoms with Gasteiger partial charge in [0.25, 0.3) is 0 Å². The molecule has 0 aliphatic carbocycles. The Hall–Kier alpha value is -1.11. The van der Waals surface area contributed by atoms with Crippen LogP contribution in [0.1, 0.15) is 11.1 Å². The fourth-order valence-electron chi connectivity index (χ4n) is 1.18. The van der Waals surface area contributed by atoms with Crippen LogP contribution in [0.5, 0.6) is 0 Å². The summed E-state index contributed by atoms with van der Waals surface area (Å²) in [6.45, 7) is 2.08. The zero-order chi connectivity index (χ0) is 9.26. The smallest absolute Gasteiger partial charge is 0.101 e. The number of aryl methyl sites for hydroxylation is 1. The highest BCUT2D eigenvalue weighted by Crippen LogP contribution is 2.35. The van der Waals surface area contributed by atoms with Crippen LogP contribution in [-0.4, -0.2) is 0 Å². The standard InChI is InChI=1S/C10H7NS2/c1-7-2-4-12-9(7)10-8(6-11)3-5-13-10/h2-5H,1H3. The number of hydrogen-bond donors (Lipinski definition) is 0. The Bertz CT molecular complexity index is 459. The first-order valence-electron chi connectivity index (χ1n) is 3.85. The van der Waals surface area contributed by atoms with Crippen LogP contribution in [0.4, 0.5) is 0 Å². The maximum Gasteiger partial charge on any atom is 0.101 e. The summed E-state index contributed by atoms with van der Waals surface area (Å²) in [7, 11) is 0. The summed E-state index contributed by atoms with van der Waals surface area (Å²) in [4.78, 5) is 2.33. The molecule has 2 aromatic rings. The SMILES string of the molecule is Cc1ccsc1-c1sccc1C#N. The Balaban J connectivity index is 2.60. The molecule has 0 aromatic carbocycles. The van der Waals surface area contributed by atoms with Gasteiger partial charge in [-0.05, 0) is 35.4 Å². The van der Waals surface area contributed by atoms with Gasteiger partial charge in [-0.25, -0.2) is 0 Å². The Morgan fingerprint density at radius 3 is 2.46 bits per heavy atom. The maximum absolute atomic E-state index is 8.86. The van der Waals surface area contributed by atoms with Gasteiger partial charge in [0.2, 0.25) is 0 Å². The third-order valence-corrected chi connectivity index (χ3v) is 3.95. The first-order chi connectivity index (χ1) is 6.33. The van der Waals surface area contributed by atoms with Crippen molar-refractivity contribution >= 4 is 22.7 Å². The highest BCUT2D eigenvalue weighted by Gasteiger charge is 2.09. The molecular formula is C10H7NS2. The van der Waals surface area contributed by atoms with Crippen molar-refractivity contribution in [1.82, 2.24) is 0 Å². The van der Waals surface area contributed by atoms with Crippen molar-refractivity contribution < 1.29 is 0 Å². The normalized spacial score (nSPS) is 9.85. The molecule has 2 heterocycles. The lowest BCUT2D eigenvalue weighted by atomic mass is 10.2. The van der Waals surface area contributed by atoms with Gasteiger partial charge in [0.05, 0.1) is 10.4 Å². The summed E-state index contributed by atoms with van der Waals surface area (Å²) in [6.07, 6.45) is 0. The van der Waals surface area contributed by atoms with Crippen LogP contribution >= 0.6 is 22.7 Å². The highest BCUT2D eigenvalue weighted by atomic mass is 32.1. The summed E-state index contributed by atoms with van der Waals surface area (Å²) >= 11 is 3.33. The van der Waals surface area contributed by atoms with E-state index in [1.54, 1.807) is 22.7 Å². The fourth-order valence-corrected chi connectivity index (χ4v) is 3.20. The van der Waals surface area contributed by atoms with E-state index in [1.165, 1.54) is 10.4 Å². The van der Waals surface area contributed by atoms with Crippen molar-refractivity contribution in [3.8, 4) is 15.8 Å². The molecule has 0 fully saturated rings. The molecule has 0 radical (unpaired) electrons. The second kappa shape index (κ2) is 3.33. The molecule has 0 unspecified atom stereocenters. The summed E-state index contributed by atoms with van der Waals surface area (Å²) in [5, 5.41) is 12.9. The van der Waals surface area contributed by atoms with E-state index in [0.717, 1.165) is 10.4 Å². The van der Waals surface area contributed by atoms with Crippen molar-refractivity contribution in [3.05, 3.63) is 34.0 Å². The van der Waals surface area contributed by atoms with Gasteiger partial charge in [0.1, 0.15) is 6.07 Å². The lowest BCUT2D eigenvalue weighted by Crippen LogP contribution is -1.74. The van der Waals surface area contributed by atoms with E-state index < -0.39 is 0 Å². The minimum Gasteiger partial charge on any atom is -0.192 e. The van der Waals surface area contributed by atoms with Crippen LogP contribution in [-0.2, 0) is 0 Å². The van der Waals surface area contributed by atoms with Crippen LogP contribution in [0.15, 0.2) is 22.9 Å². The van der Waals surface area contributed by atoms with Crippen molar-refractivity contribution in [2.45, 2.75) is 6.92 Å². The molecule has 0 amide bonds. The molecule has 13 heavy (non-hydrogen) atoms. The summed E-state index contributed by atoms with van der Waals surface area (Å²) in [5.41, 5.74) is 2.04. The average Bonchev–Trinajstić information content (AvgIpc) is 2.71. The van der Waals surface area contributed by atoms with Gasteiger partial charge in [-0.15, -0.1) is 22.7 Å². The summed E-state index contributed by atoms with van der Waals surface area (Å²) < 4.78 is 0. The Kier molecular flexibility index (Phi) is 2.17. The van der Waals surface area contributed by atoms with E-state index in [9.17, 15) is 0 Å². The van der Waals surface area contributed by atoms with Gasteiger partial charge in [0.15, 0.2) is 0 Å². The molecular weight excluding hydrogens is 198 g/mol. The molecule has 1 nitrogen and oxygen atoms in total. The molecule has 2 aromatic heterocycles. The van der Waals surface area contributed by atoms with Gasteiger partial charge >= 0.3 is 0 Å². The number of nitriles is 1. The quantitative estimate of drug-likeness (QED) is 0.697. The predicted octanol–water partition coefficient (Wildman–Crippen LogP) is 3.66. The number of hydrogen-bond acceptors (Lipinski definition) is 3. The van der Waals surface area contributed by atoms with Crippen LogP contribution in [0, 0.1) is 18.3 Å².